The monoisotopic (exact) mass is 215 g/mol. The van der Waals surface area contributed by atoms with Crippen molar-refractivity contribution in [1.29, 1.82) is 0 Å². The van der Waals surface area contributed by atoms with Gasteiger partial charge in [-0.1, -0.05) is 48.8 Å². The first-order chi connectivity index (χ1) is 7.81. The van der Waals surface area contributed by atoms with E-state index in [0.717, 1.165) is 24.1 Å². The molecule has 0 fully saturated rings. The van der Waals surface area contributed by atoms with Gasteiger partial charge in [-0.25, -0.2) is 4.79 Å². The molecule has 0 unspecified atom stereocenters. The zero-order valence-electron chi connectivity index (χ0n) is 9.14. The number of hydrogen-bond acceptors (Lipinski definition) is 3. The second-order valence-electron chi connectivity index (χ2n) is 3.64. The number of hydrogen-bond donors (Lipinski definition) is 0. The third-order valence-corrected chi connectivity index (χ3v) is 2.37. The average molecular weight is 215 g/mol. The van der Waals surface area contributed by atoms with Gasteiger partial charge in [-0.3, -0.25) is 0 Å². The molecule has 1 aliphatic heterocycles. The van der Waals surface area contributed by atoms with Gasteiger partial charge in [0.25, 0.3) is 0 Å². The van der Waals surface area contributed by atoms with Crippen LogP contribution < -0.4 is 0 Å². The van der Waals surface area contributed by atoms with Crippen molar-refractivity contribution in [3.8, 4) is 0 Å². The smallest absolute Gasteiger partial charge is 0.312 e. The molecule has 0 spiro atoms. The quantitative estimate of drug-likeness (QED) is 0.574. The lowest BCUT2D eigenvalue weighted by molar-refractivity contribution is -0.136. The molecule has 0 aliphatic carbocycles. The van der Waals surface area contributed by atoms with E-state index < -0.39 is 0 Å². The Morgan fingerprint density at radius 3 is 2.75 bits per heavy atom. The number of carbonyl (C=O) groups is 1. The van der Waals surface area contributed by atoms with Crippen LogP contribution in [-0.2, 0) is 9.63 Å². The Labute approximate surface area is 94.4 Å². The van der Waals surface area contributed by atoms with Crippen LogP contribution in [0.3, 0.4) is 0 Å². The van der Waals surface area contributed by atoms with Crippen molar-refractivity contribution in [3.05, 3.63) is 41.5 Å². The van der Waals surface area contributed by atoms with E-state index in [1.165, 1.54) is 0 Å². The predicted molar refractivity (Wildman–Crippen MR) is 62.9 cm³/mol. The van der Waals surface area contributed by atoms with Crippen molar-refractivity contribution in [2.45, 2.75) is 19.8 Å². The van der Waals surface area contributed by atoms with Crippen LogP contribution in [-0.4, -0.2) is 11.7 Å². The molecule has 0 aromatic heterocycles. The highest BCUT2D eigenvalue weighted by Crippen LogP contribution is 2.18. The number of oxime groups is 1. The minimum atomic E-state index is -0.354. The first-order valence-electron chi connectivity index (χ1n) is 5.36. The minimum Gasteiger partial charge on any atom is -0.312 e. The topological polar surface area (TPSA) is 38.7 Å². The predicted octanol–water partition coefficient (Wildman–Crippen LogP) is 2.78. The molecule has 16 heavy (non-hydrogen) atoms. The SMILES string of the molecule is CCCC1=NOC(=O)/C1=C/c1ccccc1. The van der Waals surface area contributed by atoms with Gasteiger partial charge >= 0.3 is 5.97 Å². The summed E-state index contributed by atoms with van der Waals surface area (Å²) in [5.74, 6) is -0.354. The standard InChI is InChI=1S/C13H13NO2/c1-2-6-12-11(13(15)16-14-12)9-10-7-4-3-5-8-10/h3-5,7-9H,2,6H2,1H3/b11-9+. The Bertz CT molecular complexity index is 446. The Kier molecular flexibility index (Phi) is 3.15. The van der Waals surface area contributed by atoms with E-state index in [4.69, 9.17) is 0 Å². The molecule has 3 heteroatoms. The van der Waals surface area contributed by atoms with Crippen LogP contribution in [0.1, 0.15) is 25.3 Å². The number of rotatable bonds is 3. The van der Waals surface area contributed by atoms with Crippen LogP contribution in [0, 0.1) is 0 Å². The maximum atomic E-state index is 11.5. The fourth-order valence-corrected chi connectivity index (χ4v) is 1.59. The van der Waals surface area contributed by atoms with Gasteiger partial charge in [0, 0.05) is 0 Å². The van der Waals surface area contributed by atoms with Crippen molar-refractivity contribution in [2.24, 2.45) is 5.16 Å². The zero-order valence-corrected chi connectivity index (χ0v) is 9.14. The van der Waals surface area contributed by atoms with Crippen LogP contribution in [0.5, 0.6) is 0 Å². The summed E-state index contributed by atoms with van der Waals surface area (Å²) in [4.78, 5) is 16.1. The van der Waals surface area contributed by atoms with Crippen LogP contribution in [0.4, 0.5) is 0 Å². The first-order valence-corrected chi connectivity index (χ1v) is 5.36. The molecule has 0 saturated heterocycles. The molecule has 1 aromatic carbocycles. The second-order valence-corrected chi connectivity index (χ2v) is 3.64. The van der Waals surface area contributed by atoms with Crippen LogP contribution in [0.25, 0.3) is 6.08 Å². The normalized spacial score (nSPS) is 17.4. The van der Waals surface area contributed by atoms with Crippen molar-refractivity contribution in [2.75, 3.05) is 0 Å². The maximum Gasteiger partial charge on any atom is 0.367 e. The van der Waals surface area contributed by atoms with Gasteiger partial charge in [-0.05, 0) is 18.1 Å². The highest BCUT2D eigenvalue weighted by Gasteiger charge is 2.24. The number of benzene rings is 1. The van der Waals surface area contributed by atoms with Gasteiger partial charge in [-0.2, -0.15) is 0 Å². The van der Waals surface area contributed by atoms with E-state index in [2.05, 4.69) is 9.99 Å². The molecule has 0 atom stereocenters. The molecule has 0 bridgehead atoms. The third-order valence-electron chi connectivity index (χ3n) is 2.37. The summed E-state index contributed by atoms with van der Waals surface area (Å²) in [6.07, 6.45) is 3.54. The Hall–Kier alpha value is -1.90. The van der Waals surface area contributed by atoms with Gasteiger partial charge in [0.15, 0.2) is 0 Å². The Morgan fingerprint density at radius 2 is 2.06 bits per heavy atom. The summed E-state index contributed by atoms with van der Waals surface area (Å²) in [5, 5.41) is 3.78. The highest BCUT2D eigenvalue weighted by atomic mass is 16.7. The maximum absolute atomic E-state index is 11.5. The molecular formula is C13H13NO2. The van der Waals surface area contributed by atoms with Gasteiger partial charge < -0.3 is 4.84 Å². The zero-order chi connectivity index (χ0) is 11.4. The number of carbonyl (C=O) groups excluding carboxylic acids is 1. The van der Waals surface area contributed by atoms with E-state index in [1.807, 2.05) is 43.3 Å². The summed E-state index contributed by atoms with van der Waals surface area (Å²) in [7, 11) is 0. The van der Waals surface area contributed by atoms with E-state index >= 15 is 0 Å². The lowest BCUT2D eigenvalue weighted by Gasteiger charge is -1.97. The van der Waals surface area contributed by atoms with Gasteiger partial charge in [-0.15, -0.1) is 0 Å². The largest absolute Gasteiger partial charge is 0.367 e. The summed E-state index contributed by atoms with van der Waals surface area (Å²) in [6.45, 7) is 2.05. The van der Waals surface area contributed by atoms with E-state index in [-0.39, 0.29) is 5.97 Å². The molecule has 0 radical (unpaired) electrons. The molecule has 3 nitrogen and oxygen atoms in total. The fourth-order valence-electron chi connectivity index (χ4n) is 1.59. The summed E-state index contributed by atoms with van der Waals surface area (Å²) in [5.41, 5.74) is 2.31. The average Bonchev–Trinajstić information content (AvgIpc) is 2.64. The van der Waals surface area contributed by atoms with Gasteiger partial charge in [0.1, 0.15) is 0 Å². The summed E-state index contributed by atoms with van der Waals surface area (Å²) >= 11 is 0. The number of nitrogens with zero attached hydrogens (tertiary/aromatic N) is 1. The molecule has 0 saturated carbocycles. The Morgan fingerprint density at radius 1 is 1.31 bits per heavy atom. The van der Waals surface area contributed by atoms with Crippen molar-refractivity contribution < 1.29 is 9.63 Å². The Balaban J connectivity index is 2.28. The molecule has 82 valence electrons. The molecule has 1 aliphatic rings. The van der Waals surface area contributed by atoms with Gasteiger partial charge in [0.2, 0.25) is 0 Å². The van der Waals surface area contributed by atoms with Crippen LogP contribution >= 0.6 is 0 Å². The van der Waals surface area contributed by atoms with E-state index in [1.54, 1.807) is 0 Å². The minimum absolute atomic E-state index is 0.354. The van der Waals surface area contributed by atoms with Crippen molar-refractivity contribution in [1.82, 2.24) is 0 Å². The first kappa shape index (κ1) is 10.6. The molecular weight excluding hydrogens is 202 g/mol. The summed E-state index contributed by atoms with van der Waals surface area (Å²) in [6, 6.07) is 9.70. The van der Waals surface area contributed by atoms with Crippen molar-refractivity contribution in [3.63, 3.8) is 0 Å². The van der Waals surface area contributed by atoms with Crippen LogP contribution in [0.2, 0.25) is 0 Å². The molecule has 0 N–H and O–H groups in total. The fraction of sp³-hybridized carbons (Fsp3) is 0.231. The highest BCUT2D eigenvalue weighted by molar-refractivity contribution is 6.25. The third kappa shape index (κ3) is 2.19. The van der Waals surface area contributed by atoms with E-state index in [9.17, 15) is 4.79 Å². The summed E-state index contributed by atoms with van der Waals surface area (Å²) < 4.78 is 0. The van der Waals surface area contributed by atoms with Crippen molar-refractivity contribution >= 4 is 17.8 Å². The van der Waals surface area contributed by atoms with Gasteiger partial charge in [0.05, 0.1) is 11.3 Å². The molecule has 2 rings (SSSR count). The van der Waals surface area contributed by atoms with E-state index in [0.29, 0.717) is 5.57 Å². The lowest BCUT2D eigenvalue weighted by Crippen LogP contribution is -2.04. The molecule has 1 aromatic rings. The molecule has 1 heterocycles. The second kappa shape index (κ2) is 4.75. The molecule has 0 amide bonds. The lowest BCUT2D eigenvalue weighted by atomic mass is 10.0. The van der Waals surface area contributed by atoms with Crippen LogP contribution in [0.15, 0.2) is 41.1 Å².